The van der Waals surface area contributed by atoms with Crippen molar-refractivity contribution in [1.82, 2.24) is 4.57 Å². The highest BCUT2D eigenvalue weighted by Gasteiger charge is 2.14. The second kappa shape index (κ2) is 6.64. The van der Waals surface area contributed by atoms with E-state index in [1.165, 1.54) is 22.3 Å². The number of nitrogens with zero attached hydrogens (tertiary/aromatic N) is 2. The van der Waals surface area contributed by atoms with E-state index in [9.17, 15) is 5.26 Å². The van der Waals surface area contributed by atoms with Crippen LogP contribution in [0, 0.1) is 25.2 Å². The second-order valence-corrected chi connectivity index (χ2v) is 6.28. The molecule has 1 aromatic heterocycles. The highest BCUT2D eigenvalue weighted by atomic mass is 15.0. The largest absolute Gasteiger partial charge is 0.397 e. The van der Waals surface area contributed by atoms with Crippen molar-refractivity contribution in [2.75, 3.05) is 5.73 Å². The van der Waals surface area contributed by atoms with Gasteiger partial charge in [-0.3, -0.25) is 0 Å². The standard InChI is InChI=1S/C21H21N3/c1-15-6-8-17(9-7-15)11-21-20(23)12-19(13-22)24(21)14-18-5-3-4-16(2)10-18/h3-10,12H,11,14,23H2,1-2H3. The molecular formula is C21H21N3. The molecule has 24 heavy (non-hydrogen) atoms. The van der Waals surface area contributed by atoms with E-state index in [0.717, 1.165) is 12.1 Å². The van der Waals surface area contributed by atoms with Crippen molar-refractivity contribution in [2.24, 2.45) is 0 Å². The summed E-state index contributed by atoms with van der Waals surface area (Å²) in [6.07, 6.45) is 0.722. The Morgan fingerprint density at radius 3 is 2.38 bits per heavy atom. The van der Waals surface area contributed by atoms with Crippen LogP contribution in [0.15, 0.2) is 54.6 Å². The van der Waals surface area contributed by atoms with Gasteiger partial charge in [0.15, 0.2) is 0 Å². The van der Waals surface area contributed by atoms with Crippen molar-refractivity contribution in [3.05, 3.63) is 88.2 Å². The van der Waals surface area contributed by atoms with Gasteiger partial charge in [0.1, 0.15) is 11.8 Å². The first-order chi connectivity index (χ1) is 11.6. The molecule has 0 radical (unpaired) electrons. The number of nitriles is 1. The molecule has 3 heteroatoms. The van der Waals surface area contributed by atoms with E-state index in [2.05, 4.69) is 62.4 Å². The van der Waals surface area contributed by atoms with E-state index in [1.807, 2.05) is 10.6 Å². The lowest BCUT2D eigenvalue weighted by atomic mass is 10.1. The van der Waals surface area contributed by atoms with Gasteiger partial charge < -0.3 is 10.3 Å². The van der Waals surface area contributed by atoms with Crippen molar-refractivity contribution in [1.29, 1.82) is 5.26 Å². The lowest BCUT2D eigenvalue weighted by Gasteiger charge is -2.12. The Morgan fingerprint density at radius 1 is 0.958 bits per heavy atom. The fourth-order valence-electron chi connectivity index (χ4n) is 2.97. The van der Waals surface area contributed by atoms with E-state index in [1.54, 1.807) is 6.07 Å². The first-order valence-electron chi connectivity index (χ1n) is 8.06. The van der Waals surface area contributed by atoms with Gasteiger partial charge in [-0.2, -0.15) is 5.26 Å². The summed E-state index contributed by atoms with van der Waals surface area (Å²) < 4.78 is 2.03. The first-order valence-corrected chi connectivity index (χ1v) is 8.06. The molecule has 2 aromatic carbocycles. The van der Waals surface area contributed by atoms with Crippen LogP contribution >= 0.6 is 0 Å². The van der Waals surface area contributed by atoms with Crippen LogP contribution in [0.25, 0.3) is 0 Å². The minimum absolute atomic E-state index is 0.608. The third-order valence-corrected chi connectivity index (χ3v) is 4.27. The Labute approximate surface area is 143 Å². The van der Waals surface area contributed by atoms with Gasteiger partial charge in [-0.15, -0.1) is 0 Å². The lowest BCUT2D eigenvalue weighted by Crippen LogP contribution is -2.08. The predicted octanol–water partition coefficient (Wildman–Crippen LogP) is 4.20. The topological polar surface area (TPSA) is 54.7 Å². The van der Waals surface area contributed by atoms with Crippen molar-refractivity contribution in [3.8, 4) is 6.07 Å². The van der Waals surface area contributed by atoms with Crippen LogP contribution in [0.5, 0.6) is 0 Å². The molecule has 0 atom stereocenters. The molecule has 120 valence electrons. The van der Waals surface area contributed by atoms with E-state index in [0.29, 0.717) is 17.9 Å². The molecule has 0 aliphatic rings. The minimum atomic E-state index is 0.608. The van der Waals surface area contributed by atoms with Crippen LogP contribution in [0.3, 0.4) is 0 Å². The number of aromatic nitrogens is 1. The van der Waals surface area contributed by atoms with Crippen molar-refractivity contribution >= 4 is 5.69 Å². The van der Waals surface area contributed by atoms with Gasteiger partial charge in [-0.05, 0) is 31.0 Å². The number of anilines is 1. The average molecular weight is 315 g/mol. The summed E-state index contributed by atoms with van der Waals surface area (Å²) in [5.74, 6) is 0. The fraction of sp³-hybridized carbons (Fsp3) is 0.190. The molecule has 2 N–H and O–H groups in total. The van der Waals surface area contributed by atoms with Gasteiger partial charge in [0, 0.05) is 18.7 Å². The molecule has 0 amide bonds. The van der Waals surface area contributed by atoms with Crippen LogP contribution in [-0.4, -0.2) is 4.57 Å². The Bertz CT molecular complexity index is 896. The maximum absolute atomic E-state index is 9.46. The predicted molar refractivity (Wildman–Crippen MR) is 97.8 cm³/mol. The van der Waals surface area contributed by atoms with Crippen molar-refractivity contribution in [3.63, 3.8) is 0 Å². The molecule has 0 fully saturated rings. The molecule has 0 unspecified atom stereocenters. The SMILES string of the molecule is Cc1ccc(Cc2c(N)cc(C#N)n2Cc2cccc(C)c2)cc1. The van der Waals surface area contributed by atoms with Crippen LogP contribution in [0.4, 0.5) is 5.69 Å². The first kappa shape index (κ1) is 15.9. The average Bonchev–Trinajstić information content (AvgIpc) is 2.85. The smallest absolute Gasteiger partial charge is 0.122 e. The van der Waals surface area contributed by atoms with Gasteiger partial charge in [0.2, 0.25) is 0 Å². The van der Waals surface area contributed by atoms with E-state index >= 15 is 0 Å². The molecule has 3 rings (SSSR count). The molecule has 0 aliphatic heterocycles. The molecular weight excluding hydrogens is 294 g/mol. The molecule has 0 bridgehead atoms. The fourth-order valence-corrected chi connectivity index (χ4v) is 2.97. The third kappa shape index (κ3) is 3.33. The van der Waals surface area contributed by atoms with Crippen molar-refractivity contribution < 1.29 is 0 Å². The van der Waals surface area contributed by atoms with Crippen LogP contribution in [0.1, 0.15) is 33.6 Å². The second-order valence-electron chi connectivity index (χ2n) is 6.28. The number of rotatable bonds is 4. The molecule has 0 spiro atoms. The summed E-state index contributed by atoms with van der Waals surface area (Å²) in [5, 5.41) is 9.46. The van der Waals surface area contributed by atoms with E-state index in [-0.39, 0.29) is 0 Å². The van der Waals surface area contributed by atoms with E-state index in [4.69, 9.17) is 5.73 Å². The maximum Gasteiger partial charge on any atom is 0.122 e. The third-order valence-electron chi connectivity index (χ3n) is 4.27. The molecule has 0 saturated carbocycles. The zero-order valence-corrected chi connectivity index (χ0v) is 14.1. The van der Waals surface area contributed by atoms with Crippen molar-refractivity contribution in [2.45, 2.75) is 26.8 Å². The Balaban J connectivity index is 1.98. The summed E-state index contributed by atoms with van der Waals surface area (Å²) in [7, 11) is 0. The molecule has 1 heterocycles. The maximum atomic E-state index is 9.46. The van der Waals surface area contributed by atoms with Crippen LogP contribution < -0.4 is 5.73 Å². The van der Waals surface area contributed by atoms with Gasteiger partial charge >= 0.3 is 0 Å². The normalized spacial score (nSPS) is 10.5. The molecule has 0 aliphatic carbocycles. The van der Waals surface area contributed by atoms with Crippen LogP contribution in [0.2, 0.25) is 0 Å². The minimum Gasteiger partial charge on any atom is -0.397 e. The van der Waals surface area contributed by atoms with Gasteiger partial charge in [0.05, 0.1) is 5.69 Å². The quantitative estimate of drug-likeness (QED) is 0.784. The Hall–Kier alpha value is -2.99. The molecule has 3 nitrogen and oxygen atoms in total. The van der Waals surface area contributed by atoms with E-state index < -0.39 is 0 Å². The summed E-state index contributed by atoms with van der Waals surface area (Å²) >= 11 is 0. The zero-order valence-electron chi connectivity index (χ0n) is 14.1. The number of hydrogen-bond acceptors (Lipinski definition) is 2. The number of benzene rings is 2. The van der Waals surface area contributed by atoms with Gasteiger partial charge in [-0.1, -0.05) is 59.7 Å². The number of aryl methyl sites for hydroxylation is 2. The monoisotopic (exact) mass is 315 g/mol. The summed E-state index contributed by atoms with van der Waals surface area (Å²) in [6, 6.07) is 20.8. The summed E-state index contributed by atoms with van der Waals surface area (Å²) in [5.41, 5.74) is 13.3. The van der Waals surface area contributed by atoms with Crippen LogP contribution in [-0.2, 0) is 13.0 Å². The highest BCUT2D eigenvalue weighted by Crippen LogP contribution is 2.23. The zero-order chi connectivity index (χ0) is 17.1. The summed E-state index contributed by atoms with van der Waals surface area (Å²) in [4.78, 5) is 0. The number of nitrogens with two attached hydrogens (primary N) is 1. The Morgan fingerprint density at radius 2 is 1.71 bits per heavy atom. The summed E-state index contributed by atoms with van der Waals surface area (Å²) in [6.45, 7) is 4.81. The Kier molecular flexibility index (Phi) is 4.39. The highest BCUT2D eigenvalue weighted by molar-refractivity contribution is 5.52. The molecule has 0 saturated heterocycles. The van der Waals surface area contributed by atoms with Gasteiger partial charge in [-0.25, -0.2) is 0 Å². The number of nitrogen functional groups attached to an aromatic ring is 1. The lowest BCUT2D eigenvalue weighted by molar-refractivity contribution is 0.748. The number of hydrogen-bond donors (Lipinski definition) is 1. The molecule has 3 aromatic rings. The van der Waals surface area contributed by atoms with Gasteiger partial charge in [0.25, 0.3) is 0 Å².